The van der Waals surface area contributed by atoms with Crippen LogP contribution in [0.3, 0.4) is 0 Å². The molecule has 0 saturated carbocycles. The van der Waals surface area contributed by atoms with Gasteiger partial charge in [-0.25, -0.2) is 0 Å². The molecule has 3 rings (SSSR count). The number of alkyl halides is 3. The van der Waals surface area contributed by atoms with E-state index in [2.05, 4.69) is 5.32 Å². The van der Waals surface area contributed by atoms with E-state index in [1.54, 1.807) is 18.2 Å². The summed E-state index contributed by atoms with van der Waals surface area (Å²) >= 11 is 1.23. The lowest BCUT2D eigenvalue weighted by atomic mass is 10.1. The minimum atomic E-state index is -4.42. The van der Waals surface area contributed by atoms with E-state index in [0.717, 1.165) is 23.4 Å². The third-order valence-corrected chi connectivity index (χ3v) is 5.77. The molecule has 0 saturated heterocycles. The molecule has 2 aromatic carbocycles. The lowest BCUT2D eigenvalue weighted by molar-refractivity contribution is -0.137. The molecule has 4 nitrogen and oxygen atoms in total. The number of halogens is 3. The van der Waals surface area contributed by atoms with Gasteiger partial charge < -0.3 is 5.32 Å². The minimum absolute atomic E-state index is 0.0100. The summed E-state index contributed by atoms with van der Waals surface area (Å²) in [4.78, 5) is 28.0. The van der Waals surface area contributed by atoms with Gasteiger partial charge in [0.1, 0.15) is 6.54 Å². The van der Waals surface area contributed by atoms with E-state index >= 15 is 0 Å². The van der Waals surface area contributed by atoms with E-state index in [-0.39, 0.29) is 24.4 Å². The second-order valence-corrected chi connectivity index (χ2v) is 8.05. The molecular formula is C22H21F3N2O2S. The lowest BCUT2D eigenvalue weighted by Gasteiger charge is -2.30. The first-order chi connectivity index (χ1) is 14.2. The first-order valence-electron chi connectivity index (χ1n) is 9.46. The highest BCUT2D eigenvalue weighted by Gasteiger charge is 2.31. The zero-order valence-electron chi connectivity index (χ0n) is 16.5. The molecule has 0 spiro atoms. The zero-order chi connectivity index (χ0) is 21.9. The fraction of sp³-hybridized carbons (Fsp3) is 0.273. The summed E-state index contributed by atoms with van der Waals surface area (Å²) in [6.07, 6.45) is -2.10. The van der Waals surface area contributed by atoms with Crippen LogP contribution in [0, 0.1) is 0 Å². The van der Waals surface area contributed by atoms with Crippen molar-refractivity contribution in [3.63, 3.8) is 0 Å². The van der Waals surface area contributed by atoms with Gasteiger partial charge in [0.15, 0.2) is 0 Å². The van der Waals surface area contributed by atoms with Crippen LogP contribution in [0.25, 0.3) is 6.08 Å². The Labute approximate surface area is 177 Å². The maximum atomic E-state index is 13.1. The van der Waals surface area contributed by atoms with Crippen LogP contribution < -0.4 is 10.2 Å². The highest BCUT2D eigenvalue weighted by Crippen LogP contribution is 2.42. The van der Waals surface area contributed by atoms with E-state index in [1.165, 1.54) is 28.8 Å². The predicted molar refractivity (Wildman–Crippen MR) is 112 cm³/mol. The summed E-state index contributed by atoms with van der Waals surface area (Å²) in [6.45, 7) is 3.70. The number of rotatable bonds is 5. The molecule has 1 aliphatic rings. The molecular weight excluding hydrogens is 413 g/mol. The Bertz CT molecular complexity index is 971. The number of hydrogen-bond donors (Lipinski definition) is 1. The third kappa shape index (κ3) is 5.05. The Balaban J connectivity index is 1.89. The number of benzene rings is 2. The van der Waals surface area contributed by atoms with Gasteiger partial charge in [0.2, 0.25) is 5.91 Å². The number of hydrogen-bond acceptors (Lipinski definition) is 3. The highest BCUT2D eigenvalue weighted by molar-refractivity contribution is 8.04. The first kappa shape index (κ1) is 22.0. The van der Waals surface area contributed by atoms with Gasteiger partial charge in [0.05, 0.1) is 16.2 Å². The van der Waals surface area contributed by atoms with Crippen molar-refractivity contribution in [2.75, 3.05) is 11.4 Å². The number of nitrogens with one attached hydrogen (secondary N) is 1. The molecule has 2 amide bonds. The Morgan fingerprint density at radius 3 is 2.47 bits per heavy atom. The van der Waals surface area contributed by atoms with Crippen molar-refractivity contribution in [3.05, 3.63) is 64.6 Å². The summed E-state index contributed by atoms with van der Waals surface area (Å²) < 4.78 is 38.3. The zero-order valence-corrected chi connectivity index (χ0v) is 17.3. The van der Waals surface area contributed by atoms with Crippen LogP contribution in [0.2, 0.25) is 0 Å². The van der Waals surface area contributed by atoms with Crippen molar-refractivity contribution in [2.24, 2.45) is 0 Å². The molecule has 2 aromatic rings. The molecule has 0 aliphatic carbocycles. The smallest absolute Gasteiger partial charge is 0.352 e. The quantitative estimate of drug-likeness (QED) is 0.666. The first-order valence-corrected chi connectivity index (χ1v) is 10.3. The molecule has 8 heteroatoms. The Morgan fingerprint density at radius 1 is 1.17 bits per heavy atom. The van der Waals surface area contributed by atoms with Gasteiger partial charge in [-0.15, -0.1) is 0 Å². The minimum Gasteiger partial charge on any atom is -0.352 e. The molecule has 1 heterocycles. The lowest BCUT2D eigenvalue weighted by Crippen LogP contribution is -2.44. The number of para-hydroxylation sites is 1. The van der Waals surface area contributed by atoms with E-state index in [9.17, 15) is 22.8 Å². The van der Waals surface area contributed by atoms with Gasteiger partial charge >= 0.3 is 6.18 Å². The van der Waals surface area contributed by atoms with Crippen molar-refractivity contribution in [1.29, 1.82) is 0 Å². The van der Waals surface area contributed by atoms with Crippen LogP contribution >= 0.6 is 11.8 Å². The molecule has 1 N–H and O–H groups in total. The van der Waals surface area contributed by atoms with Crippen LogP contribution in [-0.2, 0) is 15.8 Å². The van der Waals surface area contributed by atoms with Crippen LogP contribution in [0.1, 0.15) is 31.4 Å². The third-order valence-electron chi connectivity index (χ3n) is 4.69. The fourth-order valence-corrected chi connectivity index (χ4v) is 3.96. The summed E-state index contributed by atoms with van der Waals surface area (Å²) in [5, 5.41) is 2.85. The van der Waals surface area contributed by atoms with Crippen molar-refractivity contribution in [2.45, 2.75) is 37.4 Å². The molecule has 30 heavy (non-hydrogen) atoms. The highest BCUT2D eigenvalue weighted by atomic mass is 32.2. The normalized spacial score (nSPS) is 16.4. The number of carbonyl (C=O) groups is 2. The Hall–Kier alpha value is -2.74. The number of nitrogens with zero attached hydrogens (tertiary/aromatic N) is 1. The second-order valence-electron chi connectivity index (χ2n) is 6.97. The van der Waals surface area contributed by atoms with E-state index in [4.69, 9.17) is 0 Å². The SMILES string of the molecule is CC[C@@H](C)NC(=O)CN1C(=O)/C(=C\c2ccc(C(F)(F)F)cc2)Sc2ccccc21. The van der Waals surface area contributed by atoms with Crippen molar-refractivity contribution in [1.82, 2.24) is 5.32 Å². The maximum absolute atomic E-state index is 13.1. The Kier molecular flexibility index (Phi) is 6.55. The largest absolute Gasteiger partial charge is 0.416 e. The van der Waals surface area contributed by atoms with Gasteiger partial charge in [-0.1, -0.05) is 43.0 Å². The fourth-order valence-electron chi connectivity index (χ4n) is 2.91. The maximum Gasteiger partial charge on any atom is 0.416 e. The number of amides is 2. The van der Waals surface area contributed by atoms with Gasteiger partial charge in [-0.2, -0.15) is 13.2 Å². The van der Waals surface area contributed by atoms with Gasteiger partial charge in [-0.05, 0) is 49.2 Å². The van der Waals surface area contributed by atoms with Crippen molar-refractivity contribution in [3.8, 4) is 0 Å². The Morgan fingerprint density at radius 2 is 1.83 bits per heavy atom. The average Bonchev–Trinajstić information content (AvgIpc) is 2.70. The number of fused-ring (bicyclic) bond motifs is 1. The average molecular weight is 434 g/mol. The van der Waals surface area contributed by atoms with E-state index < -0.39 is 11.7 Å². The molecule has 0 aromatic heterocycles. The van der Waals surface area contributed by atoms with Crippen LogP contribution in [0.15, 0.2) is 58.3 Å². The van der Waals surface area contributed by atoms with Crippen molar-refractivity contribution >= 4 is 35.3 Å². The van der Waals surface area contributed by atoms with Gasteiger partial charge in [0.25, 0.3) is 5.91 Å². The summed E-state index contributed by atoms with van der Waals surface area (Å²) in [5.74, 6) is -0.633. The second kappa shape index (κ2) is 8.95. The molecule has 0 fully saturated rings. The molecule has 1 atom stereocenters. The van der Waals surface area contributed by atoms with E-state index in [0.29, 0.717) is 16.2 Å². The number of thioether (sulfide) groups is 1. The number of anilines is 1. The summed E-state index contributed by atoms with van der Waals surface area (Å²) in [7, 11) is 0. The van der Waals surface area contributed by atoms with Gasteiger partial charge in [-0.3, -0.25) is 14.5 Å². The predicted octanol–water partition coefficient (Wildman–Crippen LogP) is 5.10. The molecule has 0 unspecified atom stereocenters. The van der Waals surface area contributed by atoms with Crippen LogP contribution in [-0.4, -0.2) is 24.4 Å². The summed E-state index contributed by atoms with van der Waals surface area (Å²) in [5.41, 5.74) is 0.361. The van der Waals surface area contributed by atoms with E-state index in [1.807, 2.05) is 26.0 Å². The topological polar surface area (TPSA) is 49.4 Å². The molecule has 1 aliphatic heterocycles. The standard InChI is InChI=1S/C22H21F3N2O2S/c1-3-14(2)26-20(28)13-27-17-6-4-5-7-18(17)30-19(21(27)29)12-15-8-10-16(11-9-15)22(23,24)25/h4-12,14H,3,13H2,1-2H3,(H,26,28)/b19-12+/t14-/m1/s1. The monoisotopic (exact) mass is 434 g/mol. The molecule has 0 bridgehead atoms. The van der Waals surface area contributed by atoms with Gasteiger partial charge in [0, 0.05) is 10.9 Å². The van der Waals surface area contributed by atoms with Crippen LogP contribution in [0.4, 0.5) is 18.9 Å². The van der Waals surface area contributed by atoms with Crippen molar-refractivity contribution < 1.29 is 22.8 Å². The molecule has 158 valence electrons. The molecule has 0 radical (unpaired) electrons. The van der Waals surface area contributed by atoms with Crippen LogP contribution in [0.5, 0.6) is 0 Å². The number of carbonyl (C=O) groups excluding carboxylic acids is 2. The summed E-state index contributed by atoms with van der Waals surface area (Å²) in [6, 6.07) is 11.8.